The molecule has 0 N–H and O–H groups in total. The van der Waals surface area contributed by atoms with Gasteiger partial charge in [-0.15, -0.1) is 0 Å². The van der Waals surface area contributed by atoms with Gasteiger partial charge in [-0.25, -0.2) is 4.63 Å². The van der Waals surface area contributed by atoms with Crippen LogP contribution in [0.3, 0.4) is 0 Å². The summed E-state index contributed by atoms with van der Waals surface area (Å²) in [5.74, 6) is -1.29. The summed E-state index contributed by atoms with van der Waals surface area (Å²) < 4.78 is 14.5. The Morgan fingerprint density at radius 2 is 1.68 bits per heavy atom. The molecule has 0 aliphatic carbocycles. The summed E-state index contributed by atoms with van der Waals surface area (Å²) in [6.45, 7) is 6.87. The fourth-order valence-corrected chi connectivity index (χ4v) is 1.55. The first-order valence-electron chi connectivity index (χ1n) is 6.08. The van der Waals surface area contributed by atoms with Crippen molar-refractivity contribution in [2.75, 3.05) is 13.2 Å². The van der Waals surface area contributed by atoms with Crippen molar-refractivity contribution < 1.29 is 23.7 Å². The zero-order valence-electron chi connectivity index (χ0n) is 11.6. The summed E-state index contributed by atoms with van der Waals surface area (Å²) in [5, 5.41) is 7.31. The summed E-state index contributed by atoms with van der Waals surface area (Å²) in [6.07, 6.45) is 0.0278. The van der Waals surface area contributed by atoms with E-state index in [9.17, 15) is 9.59 Å². The summed E-state index contributed by atoms with van der Waals surface area (Å²) in [7, 11) is 0. The molecule has 0 saturated carbocycles. The smallest absolute Gasteiger partial charge is 0.323 e. The number of hydrogen-bond donors (Lipinski definition) is 0. The number of aryl methyl sites for hydroxylation is 1. The van der Waals surface area contributed by atoms with Gasteiger partial charge in [-0.2, -0.15) is 0 Å². The molecule has 0 saturated heterocycles. The number of carbonyl (C=O) groups excluding carboxylic acids is 2. The number of ether oxygens (including phenoxy) is 2. The van der Waals surface area contributed by atoms with Gasteiger partial charge in [-0.3, -0.25) is 9.59 Å². The van der Waals surface area contributed by atoms with E-state index in [2.05, 4.69) is 14.9 Å². The van der Waals surface area contributed by atoms with Crippen LogP contribution in [0, 0.1) is 12.3 Å². The van der Waals surface area contributed by atoms with Gasteiger partial charge in [0.05, 0.1) is 13.2 Å². The quantitative estimate of drug-likeness (QED) is 0.563. The normalized spacial score (nSPS) is 11.2. The molecule has 0 amide bonds. The average Bonchev–Trinajstić information content (AvgIpc) is 2.75. The van der Waals surface area contributed by atoms with E-state index in [1.54, 1.807) is 20.8 Å². The van der Waals surface area contributed by atoms with Crippen LogP contribution >= 0.6 is 0 Å². The molecule has 7 heteroatoms. The van der Waals surface area contributed by atoms with E-state index < -0.39 is 17.4 Å². The van der Waals surface area contributed by atoms with Gasteiger partial charge in [0.2, 0.25) is 0 Å². The number of nitrogens with zero attached hydrogens (tertiary/aromatic N) is 2. The molecule has 0 fully saturated rings. The minimum atomic E-state index is -1.45. The first-order chi connectivity index (χ1) is 8.95. The van der Waals surface area contributed by atoms with Gasteiger partial charge in [0.1, 0.15) is 11.4 Å². The minimum absolute atomic E-state index is 0.0278. The van der Waals surface area contributed by atoms with E-state index in [1.807, 2.05) is 0 Å². The molecule has 106 valence electrons. The minimum Gasteiger partial charge on any atom is -0.465 e. The summed E-state index contributed by atoms with van der Waals surface area (Å²) in [5.41, 5.74) is -0.488. The molecule has 0 bridgehead atoms. The standard InChI is InChI=1S/C12H18N2O5/c1-5-17-10(15)12(4,11(16)18-6-2)7-9-8(3)13-19-14-9/h5-7H2,1-4H3. The summed E-state index contributed by atoms with van der Waals surface area (Å²) in [4.78, 5) is 24.0. The van der Waals surface area contributed by atoms with Gasteiger partial charge in [0.25, 0.3) is 0 Å². The Kier molecular flexibility index (Phi) is 5.02. The highest BCUT2D eigenvalue weighted by molar-refractivity contribution is 5.99. The summed E-state index contributed by atoms with van der Waals surface area (Å²) >= 11 is 0. The first-order valence-corrected chi connectivity index (χ1v) is 6.08. The van der Waals surface area contributed by atoms with E-state index in [1.165, 1.54) is 6.92 Å². The van der Waals surface area contributed by atoms with Crippen LogP contribution in [0.5, 0.6) is 0 Å². The van der Waals surface area contributed by atoms with Crippen molar-refractivity contribution in [2.45, 2.75) is 34.1 Å². The maximum Gasteiger partial charge on any atom is 0.323 e. The second kappa shape index (κ2) is 6.31. The van der Waals surface area contributed by atoms with Gasteiger partial charge in [0.15, 0.2) is 5.41 Å². The van der Waals surface area contributed by atoms with Gasteiger partial charge < -0.3 is 9.47 Å². The lowest BCUT2D eigenvalue weighted by Gasteiger charge is -2.23. The fraction of sp³-hybridized carbons (Fsp3) is 0.667. The second-order valence-corrected chi connectivity index (χ2v) is 4.25. The number of carbonyl (C=O) groups is 2. The SMILES string of the molecule is CCOC(=O)C(C)(Cc1nonc1C)C(=O)OCC. The fourth-order valence-electron chi connectivity index (χ4n) is 1.55. The van der Waals surface area contributed by atoms with Gasteiger partial charge in [-0.1, -0.05) is 10.3 Å². The predicted molar refractivity (Wildman–Crippen MR) is 64.1 cm³/mol. The van der Waals surface area contributed by atoms with Crippen LogP contribution in [-0.4, -0.2) is 35.5 Å². The molecule has 0 spiro atoms. The van der Waals surface area contributed by atoms with Crippen molar-refractivity contribution in [2.24, 2.45) is 5.41 Å². The molecule has 0 aliphatic rings. The molecule has 1 rings (SSSR count). The maximum atomic E-state index is 12.0. The van der Waals surface area contributed by atoms with Crippen LogP contribution in [0.1, 0.15) is 32.2 Å². The Morgan fingerprint density at radius 3 is 2.05 bits per heavy atom. The third kappa shape index (κ3) is 3.30. The summed E-state index contributed by atoms with van der Waals surface area (Å²) in [6, 6.07) is 0. The highest BCUT2D eigenvalue weighted by Gasteiger charge is 2.45. The van der Waals surface area contributed by atoms with Crippen molar-refractivity contribution in [3.8, 4) is 0 Å². The lowest BCUT2D eigenvalue weighted by molar-refractivity contribution is -0.170. The van der Waals surface area contributed by atoms with Crippen LogP contribution in [-0.2, 0) is 25.5 Å². The van der Waals surface area contributed by atoms with Crippen molar-refractivity contribution in [3.63, 3.8) is 0 Å². The van der Waals surface area contributed by atoms with Crippen molar-refractivity contribution in [1.82, 2.24) is 10.3 Å². The van der Waals surface area contributed by atoms with Gasteiger partial charge in [-0.05, 0) is 27.7 Å². The Bertz CT molecular complexity index is 437. The molecule has 0 unspecified atom stereocenters. The lowest BCUT2D eigenvalue weighted by atomic mass is 9.85. The third-order valence-corrected chi connectivity index (χ3v) is 2.72. The van der Waals surface area contributed by atoms with Crippen molar-refractivity contribution in [3.05, 3.63) is 11.4 Å². The molecular weight excluding hydrogens is 252 g/mol. The molecule has 1 aromatic rings. The van der Waals surface area contributed by atoms with Crippen molar-refractivity contribution >= 4 is 11.9 Å². The molecule has 19 heavy (non-hydrogen) atoms. The Morgan fingerprint density at radius 1 is 1.16 bits per heavy atom. The molecule has 0 radical (unpaired) electrons. The van der Waals surface area contributed by atoms with Crippen LogP contribution in [0.2, 0.25) is 0 Å². The monoisotopic (exact) mass is 270 g/mol. The zero-order valence-corrected chi connectivity index (χ0v) is 11.6. The molecule has 1 heterocycles. The Balaban J connectivity index is 3.01. The van der Waals surface area contributed by atoms with Crippen LogP contribution in [0.15, 0.2) is 4.63 Å². The first kappa shape index (κ1) is 15.1. The third-order valence-electron chi connectivity index (χ3n) is 2.72. The van der Waals surface area contributed by atoms with E-state index in [0.717, 1.165) is 0 Å². The van der Waals surface area contributed by atoms with Crippen LogP contribution < -0.4 is 0 Å². The van der Waals surface area contributed by atoms with Gasteiger partial charge >= 0.3 is 11.9 Å². The molecule has 0 aliphatic heterocycles. The second-order valence-electron chi connectivity index (χ2n) is 4.25. The highest BCUT2D eigenvalue weighted by Crippen LogP contribution is 2.26. The zero-order chi connectivity index (χ0) is 14.5. The Labute approximate surface area is 111 Å². The van der Waals surface area contributed by atoms with E-state index in [-0.39, 0.29) is 19.6 Å². The number of aromatic nitrogens is 2. The van der Waals surface area contributed by atoms with Crippen LogP contribution in [0.4, 0.5) is 0 Å². The lowest BCUT2D eigenvalue weighted by Crippen LogP contribution is -2.41. The predicted octanol–water partition coefficient (Wildman–Crippen LogP) is 1.05. The number of hydrogen-bond acceptors (Lipinski definition) is 7. The highest BCUT2D eigenvalue weighted by atomic mass is 16.6. The number of esters is 2. The van der Waals surface area contributed by atoms with Crippen LogP contribution in [0.25, 0.3) is 0 Å². The maximum absolute atomic E-state index is 12.0. The Hall–Kier alpha value is -1.92. The average molecular weight is 270 g/mol. The van der Waals surface area contributed by atoms with E-state index in [4.69, 9.17) is 9.47 Å². The largest absolute Gasteiger partial charge is 0.465 e. The van der Waals surface area contributed by atoms with Gasteiger partial charge in [0, 0.05) is 6.42 Å². The molecule has 7 nitrogen and oxygen atoms in total. The number of rotatable bonds is 6. The van der Waals surface area contributed by atoms with E-state index >= 15 is 0 Å². The molecule has 0 atom stereocenters. The molecule has 0 aromatic carbocycles. The van der Waals surface area contributed by atoms with Crippen molar-refractivity contribution in [1.29, 1.82) is 0 Å². The van der Waals surface area contributed by atoms with E-state index in [0.29, 0.717) is 11.4 Å². The topological polar surface area (TPSA) is 91.5 Å². The molecule has 1 aromatic heterocycles. The molecular formula is C12H18N2O5.